The second-order valence-electron chi connectivity index (χ2n) is 5.09. The first kappa shape index (κ1) is 12.3. The highest BCUT2D eigenvalue weighted by Crippen LogP contribution is 2.34. The van der Waals surface area contributed by atoms with Gasteiger partial charge in [0.2, 0.25) is 11.8 Å². The lowest BCUT2D eigenvalue weighted by molar-refractivity contribution is -0.139. The molecule has 4 nitrogen and oxygen atoms in total. The van der Waals surface area contributed by atoms with Crippen LogP contribution in [-0.2, 0) is 9.59 Å². The third-order valence-electron chi connectivity index (χ3n) is 3.49. The highest BCUT2D eigenvalue weighted by Gasteiger charge is 2.46. The summed E-state index contributed by atoms with van der Waals surface area (Å²) in [6, 6.07) is 0.381. The molecule has 1 fully saturated rings. The molecule has 0 saturated carbocycles. The van der Waals surface area contributed by atoms with Gasteiger partial charge in [-0.05, 0) is 12.8 Å². The fraction of sp³-hybridized carbons (Fsp3) is 0.692. The molecule has 94 valence electrons. The number of imide groups is 1. The zero-order valence-corrected chi connectivity index (χ0v) is 10.5. The van der Waals surface area contributed by atoms with Crippen molar-refractivity contribution in [2.75, 3.05) is 13.1 Å². The minimum atomic E-state index is -0.0912. The van der Waals surface area contributed by atoms with E-state index in [1.807, 2.05) is 12.2 Å². The van der Waals surface area contributed by atoms with Crippen molar-refractivity contribution in [3.05, 3.63) is 12.2 Å². The van der Waals surface area contributed by atoms with E-state index in [-0.39, 0.29) is 23.7 Å². The van der Waals surface area contributed by atoms with Crippen LogP contribution in [0.15, 0.2) is 12.2 Å². The molecule has 1 N–H and O–H groups in total. The van der Waals surface area contributed by atoms with Crippen LogP contribution in [0.25, 0.3) is 0 Å². The summed E-state index contributed by atoms with van der Waals surface area (Å²) in [4.78, 5) is 25.6. The van der Waals surface area contributed by atoms with Crippen LogP contribution in [0.4, 0.5) is 0 Å². The van der Waals surface area contributed by atoms with Gasteiger partial charge < -0.3 is 5.32 Å². The Morgan fingerprint density at radius 3 is 2.24 bits per heavy atom. The number of nitrogens with zero attached hydrogens (tertiary/aromatic N) is 1. The third-order valence-corrected chi connectivity index (χ3v) is 3.49. The number of hydrogen-bond acceptors (Lipinski definition) is 3. The molecule has 17 heavy (non-hydrogen) atoms. The molecule has 0 spiro atoms. The molecule has 0 aromatic rings. The molecule has 0 aromatic heterocycles. The fourth-order valence-corrected chi connectivity index (χ4v) is 2.55. The molecule has 1 heterocycles. The zero-order chi connectivity index (χ0) is 12.4. The number of carbonyl (C=O) groups excluding carboxylic acids is 2. The Bertz CT molecular complexity index is 323. The SMILES string of the molecule is CC(C)NCCN1C(=O)[C@H]2CC=CC[C@H]2C1=O. The van der Waals surface area contributed by atoms with Gasteiger partial charge in [0, 0.05) is 19.1 Å². The van der Waals surface area contributed by atoms with E-state index in [4.69, 9.17) is 0 Å². The normalized spacial score (nSPS) is 28.1. The van der Waals surface area contributed by atoms with E-state index in [0.29, 0.717) is 19.1 Å². The van der Waals surface area contributed by atoms with Gasteiger partial charge in [0.15, 0.2) is 0 Å². The molecule has 0 aromatic carbocycles. The van der Waals surface area contributed by atoms with E-state index in [0.717, 1.165) is 12.8 Å². The van der Waals surface area contributed by atoms with Crippen molar-refractivity contribution < 1.29 is 9.59 Å². The predicted molar refractivity (Wildman–Crippen MR) is 65.2 cm³/mol. The summed E-state index contributed by atoms with van der Waals surface area (Å²) in [6.07, 6.45) is 5.48. The van der Waals surface area contributed by atoms with Crippen molar-refractivity contribution in [3.63, 3.8) is 0 Å². The molecule has 1 saturated heterocycles. The predicted octanol–water partition coefficient (Wildman–Crippen LogP) is 0.936. The van der Waals surface area contributed by atoms with Crippen LogP contribution in [0.3, 0.4) is 0 Å². The topological polar surface area (TPSA) is 49.4 Å². The largest absolute Gasteiger partial charge is 0.313 e. The first-order valence-corrected chi connectivity index (χ1v) is 6.35. The Morgan fingerprint density at radius 2 is 1.76 bits per heavy atom. The summed E-state index contributed by atoms with van der Waals surface area (Å²) in [5, 5.41) is 3.23. The van der Waals surface area contributed by atoms with E-state index >= 15 is 0 Å². The molecule has 2 aliphatic rings. The molecule has 2 amide bonds. The van der Waals surface area contributed by atoms with E-state index in [1.54, 1.807) is 0 Å². The van der Waals surface area contributed by atoms with Crippen molar-refractivity contribution in [3.8, 4) is 0 Å². The molecule has 0 unspecified atom stereocenters. The van der Waals surface area contributed by atoms with Gasteiger partial charge in [0.25, 0.3) is 0 Å². The van der Waals surface area contributed by atoms with E-state index in [9.17, 15) is 9.59 Å². The highest BCUT2D eigenvalue weighted by molar-refractivity contribution is 6.05. The summed E-state index contributed by atoms with van der Waals surface area (Å²) in [5.74, 6) is -0.136. The van der Waals surface area contributed by atoms with Crippen LogP contribution >= 0.6 is 0 Å². The summed E-state index contributed by atoms with van der Waals surface area (Å²) in [6.45, 7) is 5.29. The number of rotatable bonds is 4. The van der Waals surface area contributed by atoms with E-state index < -0.39 is 0 Å². The number of likely N-dealkylation sites (tertiary alicyclic amines) is 1. The minimum absolute atomic E-state index is 0.0231. The quantitative estimate of drug-likeness (QED) is 0.583. The molecule has 1 aliphatic heterocycles. The number of carbonyl (C=O) groups is 2. The molecule has 0 radical (unpaired) electrons. The minimum Gasteiger partial charge on any atom is -0.313 e. The summed E-state index contributed by atoms with van der Waals surface area (Å²) < 4.78 is 0. The molecular formula is C13H20N2O2. The van der Waals surface area contributed by atoms with Crippen LogP contribution < -0.4 is 5.32 Å². The lowest BCUT2D eigenvalue weighted by atomic mass is 9.85. The van der Waals surface area contributed by atoms with Crippen LogP contribution in [0.1, 0.15) is 26.7 Å². The maximum Gasteiger partial charge on any atom is 0.233 e. The van der Waals surface area contributed by atoms with Crippen LogP contribution in [0.2, 0.25) is 0 Å². The Labute approximate surface area is 102 Å². The van der Waals surface area contributed by atoms with Gasteiger partial charge in [-0.3, -0.25) is 14.5 Å². The number of allylic oxidation sites excluding steroid dienone is 2. The monoisotopic (exact) mass is 236 g/mol. The van der Waals surface area contributed by atoms with Crippen molar-refractivity contribution in [1.29, 1.82) is 0 Å². The number of nitrogens with one attached hydrogen (secondary N) is 1. The second kappa shape index (κ2) is 5.00. The summed E-state index contributed by atoms with van der Waals surface area (Å²) >= 11 is 0. The Kier molecular flexibility index (Phi) is 3.62. The lowest BCUT2D eigenvalue weighted by Crippen LogP contribution is -2.38. The van der Waals surface area contributed by atoms with Gasteiger partial charge in [-0.1, -0.05) is 26.0 Å². The average molecular weight is 236 g/mol. The Hall–Kier alpha value is -1.16. The van der Waals surface area contributed by atoms with Gasteiger partial charge in [0.1, 0.15) is 0 Å². The maximum absolute atomic E-state index is 12.1. The highest BCUT2D eigenvalue weighted by atomic mass is 16.2. The first-order chi connectivity index (χ1) is 8.11. The Morgan fingerprint density at radius 1 is 1.24 bits per heavy atom. The van der Waals surface area contributed by atoms with Crippen molar-refractivity contribution >= 4 is 11.8 Å². The summed E-state index contributed by atoms with van der Waals surface area (Å²) in [7, 11) is 0. The maximum atomic E-state index is 12.1. The number of fused-ring (bicyclic) bond motifs is 1. The average Bonchev–Trinajstić information content (AvgIpc) is 2.54. The third kappa shape index (κ3) is 2.41. The van der Waals surface area contributed by atoms with Gasteiger partial charge in [-0.15, -0.1) is 0 Å². The van der Waals surface area contributed by atoms with E-state index in [1.165, 1.54) is 4.90 Å². The molecule has 2 atom stereocenters. The van der Waals surface area contributed by atoms with Crippen LogP contribution in [0, 0.1) is 11.8 Å². The van der Waals surface area contributed by atoms with Crippen LogP contribution in [-0.4, -0.2) is 35.8 Å². The second-order valence-corrected chi connectivity index (χ2v) is 5.09. The first-order valence-electron chi connectivity index (χ1n) is 6.35. The molecular weight excluding hydrogens is 216 g/mol. The number of amides is 2. The van der Waals surface area contributed by atoms with E-state index in [2.05, 4.69) is 19.2 Å². The van der Waals surface area contributed by atoms with Crippen molar-refractivity contribution in [1.82, 2.24) is 10.2 Å². The van der Waals surface area contributed by atoms with Gasteiger partial charge in [0.05, 0.1) is 11.8 Å². The molecule has 2 rings (SSSR count). The van der Waals surface area contributed by atoms with Crippen molar-refractivity contribution in [2.45, 2.75) is 32.7 Å². The number of hydrogen-bond donors (Lipinski definition) is 1. The van der Waals surface area contributed by atoms with Gasteiger partial charge >= 0.3 is 0 Å². The summed E-state index contributed by atoms with van der Waals surface area (Å²) in [5.41, 5.74) is 0. The standard InChI is InChI=1S/C13H20N2O2/c1-9(2)14-7-8-15-12(16)10-5-3-4-6-11(10)13(15)17/h3-4,9-11,14H,5-8H2,1-2H3/t10-,11+. The molecule has 1 aliphatic carbocycles. The smallest absolute Gasteiger partial charge is 0.233 e. The Balaban J connectivity index is 1.95. The molecule has 4 heteroatoms. The van der Waals surface area contributed by atoms with Crippen LogP contribution in [0.5, 0.6) is 0 Å². The van der Waals surface area contributed by atoms with Gasteiger partial charge in [-0.25, -0.2) is 0 Å². The fourth-order valence-electron chi connectivity index (χ4n) is 2.55. The van der Waals surface area contributed by atoms with Gasteiger partial charge in [-0.2, -0.15) is 0 Å². The lowest BCUT2D eigenvalue weighted by Gasteiger charge is -2.16. The zero-order valence-electron chi connectivity index (χ0n) is 10.5. The van der Waals surface area contributed by atoms with Crippen molar-refractivity contribution in [2.24, 2.45) is 11.8 Å². The molecule has 0 bridgehead atoms.